The molecule has 0 aliphatic heterocycles. The van der Waals surface area contributed by atoms with Crippen LogP contribution < -0.4 is 0 Å². The molecule has 0 spiro atoms. The fraction of sp³-hybridized carbons (Fsp3) is 0.0270. The molecule has 0 fully saturated rings. The third kappa shape index (κ3) is 8.58. The molecule has 4 aromatic heterocycles. The average molecular weight is 1050 g/mol. The second kappa shape index (κ2) is 20.0. The Balaban J connectivity index is 0.988. The van der Waals surface area contributed by atoms with E-state index in [0.717, 1.165) is 89.1 Å². The summed E-state index contributed by atoms with van der Waals surface area (Å²) in [5.74, 6) is 3.57. The lowest BCUT2D eigenvalue weighted by molar-refractivity contribution is 1.07. The van der Waals surface area contributed by atoms with E-state index in [4.69, 9.17) is 29.9 Å². The molecule has 0 unspecified atom stereocenters. The molecule has 0 atom stereocenters. The number of hydrogen-bond donors (Lipinski definition) is 0. The summed E-state index contributed by atoms with van der Waals surface area (Å²) in [6, 6.07) is 93.8. The second-order valence-corrected chi connectivity index (χ2v) is 20.9. The van der Waals surface area contributed by atoms with E-state index in [1.165, 1.54) is 32.7 Å². The van der Waals surface area contributed by atoms with Crippen molar-refractivity contribution < 1.29 is 0 Å². The lowest BCUT2D eigenvalue weighted by Crippen LogP contribution is -2.02. The van der Waals surface area contributed by atoms with E-state index in [1.54, 1.807) is 0 Å². The Morgan fingerprint density at radius 1 is 0.220 bits per heavy atom. The first-order valence-corrected chi connectivity index (χ1v) is 27.6. The molecule has 8 nitrogen and oxygen atoms in total. The van der Waals surface area contributed by atoms with Crippen LogP contribution in [0, 0.1) is 13.8 Å². The molecule has 0 amide bonds. The van der Waals surface area contributed by atoms with Crippen LogP contribution in [0.25, 0.3) is 146 Å². The van der Waals surface area contributed by atoms with Gasteiger partial charge in [-0.3, -0.25) is 0 Å². The van der Waals surface area contributed by atoms with Gasteiger partial charge in [0.1, 0.15) is 0 Å². The zero-order chi connectivity index (χ0) is 54.7. The summed E-state index contributed by atoms with van der Waals surface area (Å²) in [5.41, 5.74) is 18.3. The smallest absolute Gasteiger partial charge is 0.164 e. The van der Waals surface area contributed by atoms with E-state index in [1.807, 2.05) is 121 Å². The largest absolute Gasteiger partial charge is 0.309 e. The maximum Gasteiger partial charge on any atom is 0.164 e. The zero-order valence-electron chi connectivity index (χ0n) is 45.0. The topological polar surface area (TPSA) is 87.2 Å². The van der Waals surface area contributed by atoms with E-state index >= 15 is 0 Å². The lowest BCUT2D eigenvalue weighted by Gasteiger charge is -2.19. The predicted molar refractivity (Wildman–Crippen MR) is 335 cm³/mol. The number of rotatable bonds is 10. The van der Waals surface area contributed by atoms with Crippen molar-refractivity contribution in [2.45, 2.75) is 13.8 Å². The van der Waals surface area contributed by atoms with Crippen molar-refractivity contribution in [1.29, 1.82) is 0 Å². The van der Waals surface area contributed by atoms with Crippen molar-refractivity contribution in [3.05, 3.63) is 278 Å². The predicted octanol–water partition coefficient (Wildman–Crippen LogP) is 18.2. The highest BCUT2D eigenvalue weighted by Crippen LogP contribution is 2.43. The molecule has 0 aliphatic carbocycles. The van der Waals surface area contributed by atoms with Gasteiger partial charge in [0.2, 0.25) is 0 Å². The third-order valence-corrected chi connectivity index (χ3v) is 15.5. The number of fused-ring (bicyclic) bond motifs is 6. The van der Waals surface area contributed by atoms with Crippen LogP contribution in [0.2, 0.25) is 0 Å². The Morgan fingerprint density at radius 3 is 0.890 bits per heavy atom. The van der Waals surface area contributed by atoms with Crippen LogP contribution in [-0.4, -0.2) is 39.0 Å². The van der Waals surface area contributed by atoms with Gasteiger partial charge >= 0.3 is 0 Å². The molecular formula is C74H50N8. The highest BCUT2D eigenvalue weighted by atomic mass is 15.0. The number of aromatic nitrogens is 8. The van der Waals surface area contributed by atoms with Gasteiger partial charge in [0.05, 0.1) is 33.4 Å². The van der Waals surface area contributed by atoms with Gasteiger partial charge in [-0.1, -0.05) is 199 Å². The van der Waals surface area contributed by atoms with Crippen molar-refractivity contribution in [2.75, 3.05) is 0 Å². The number of hydrogen-bond acceptors (Lipinski definition) is 6. The van der Waals surface area contributed by atoms with Gasteiger partial charge in [0.15, 0.2) is 34.9 Å². The Bertz CT molecular complexity index is 4510. The molecular weight excluding hydrogens is 1000 g/mol. The van der Waals surface area contributed by atoms with E-state index in [2.05, 4.69) is 169 Å². The molecule has 15 aromatic rings. The average Bonchev–Trinajstić information content (AvgIpc) is 3.38. The first kappa shape index (κ1) is 48.2. The van der Waals surface area contributed by atoms with Crippen molar-refractivity contribution in [2.24, 2.45) is 0 Å². The molecule has 0 saturated heterocycles. The van der Waals surface area contributed by atoms with Crippen LogP contribution in [0.5, 0.6) is 0 Å². The summed E-state index contributed by atoms with van der Waals surface area (Å²) in [4.78, 5) is 31.1. The minimum Gasteiger partial charge on any atom is -0.309 e. The molecule has 0 saturated carbocycles. The van der Waals surface area contributed by atoms with Gasteiger partial charge in [-0.05, 0) is 104 Å². The Morgan fingerprint density at radius 2 is 0.524 bits per heavy atom. The number of aryl methyl sites for hydroxylation is 2. The molecule has 82 heavy (non-hydrogen) atoms. The van der Waals surface area contributed by atoms with E-state index in [0.29, 0.717) is 34.9 Å². The monoisotopic (exact) mass is 1050 g/mol. The molecule has 0 bridgehead atoms. The molecule has 0 N–H and O–H groups in total. The molecule has 0 aliphatic rings. The molecule has 15 rings (SSSR count). The first-order valence-electron chi connectivity index (χ1n) is 27.6. The third-order valence-electron chi connectivity index (χ3n) is 15.5. The van der Waals surface area contributed by atoms with Gasteiger partial charge < -0.3 is 9.13 Å². The van der Waals surface area contributed by atoms with Gasteiger partial charge in [-0.25, -0.2) is 29.9 Å². The van der Waals surface area contributed by atoms with Crippen LogP contribution in [0.3, 0.4) is 0 Å². The normalized spacial score (nSPS) is 11.5. The SMILES string of the molecule is Cc1ccc2c(c1)c1ccccc1n2-c1ccc(-c2nc(-c3ccccc3)nc(-c3ccccc3)n2)cc1-c1cccc(-c2cc(-c3nc(-c4ccccc4)nc(-c4ccccc4)n3)ccc2-n2c3ccccc3c3cc(C)ccc32)c1. The summed E-state index contributed by atoms with van der Waals surface area (Å²) in [6.45, 7) is 4.32. The van der Waals surface area contributed by atoms with Gasteiger partial charge in [0.25, 0.3) is 0 Å². The number of nitrogens with zero attached hydrogens (tertiary/aromatic N) is 8. The zero-order valence-corrected chi connectivity index (χ0v) is 45.0. The molecule has 386 valence electrons. The summed E-state index contributed by atoms with van der Waals surface area (Å²) < 4.78 is 4.82. The van der Waals surface area contributed by atoms with Crippen LogP contribution >= 0.6 is 0 Å². The number of benzene rings is 11. The summed E-state index contributed by atoms with van der Waals surface area (Å²) in [5, 5.41) is 4.77. The van der Waals surface area contributed by atoms with E-state index in [9.17, 15) is 0 Å². The molecule has 8 heteroatoms. The standard InChI is InChI=1S/C74H50N8/c1-47-34-38-67-61(42-47)57-30-15-17-32-63(57)81(67)65-40-36-55(73-77-69(49-20-7-3-8-21-49)75-70(78-73)50-22-9-4-10-23-50)45-59(65)53-28-19-29-54(44-53)60-46-56(37-41-66(60)82-64-33-18-16-31-58(64)62-43-48(2)35-39-68(62)82)74-79-71(51-24-11-5-12-25-51)76-72(80-74)52-26-13-6-14-27-52/h3-46H,1-2H3. The van der Waals surface area contributed by atoms with Gasteiger partial charge in [0, 0.05) is 66.1 Å². The molecule has 4 heterocycles. The summed E-state index contributed by atoms with van der Waals surface area (Å²) in [7, 11) is 0. The first-order chi connectivity index (χ1) is 40.5. The van der Waals surface area contributed by atoms with Crippen LogP contribution in [0.1, 0.15) is 11.1 Å². The van der Waals surface area contributed by atoms with Crippen molar-refractivity contribution in [3.8, 4) is 102 Å². The van der Waals surface area contributed by atoms with Gasteiger partial charge in [-0.15, -0.1) is 0 Å². The van der Waals surface area contributed by atoms with E-state index in [-0.39, 0.29) is 0 Å². The van der Waals surface area contributed by atoms with Crippen molar-refractivity contribution in [3.63, 3.8) is 0 Å². The maximum atomic E-state index is 5.24. The quantitative estimate of drug-likeness (QED) is 0.136. The highest BCUT2D eigenvalue weighted by Gasteiger charge is 2.23. The molecule has 11 aromatic carbocycles. The fourth-order valence-electron chi connectivity index (χ4n) is 11.6. The Hall–Kier alpha value is -11.0. The minimum atomic E-state index is 0.577. The van der Waals surface area contributed by atoms with Crippen molar-refractivity contribution >= 4 is 43.6 Å². The van der Waals surface area contributed by atoms with Gasteiger partial charge in [-0.2, -0.15) is 0 Å². The van der Waals surface area contributed by atoms with E-state index < -0.39 is 0 Å². The van der Waals surface area contributed by atoms with Crippen LogP contribution in [0.15, 0.2) is 267 Å². The Labute approximate surface area is 474 Å². The lowest BCUT2D eigenvalue weighted by atomic mass is 9.94. The van der Waals surface area contributed by atoms with Crippen molar-refractivity contribution in [1.82, 2.24) is 39.0 Å². The molecule has 0 radical (unpaired) electrons. The highest BCUT2D eigenvalue weighted by molar-refractivity contribution is 6.11. The summed E-state index contributed by atoms with van der Waals surface area (Å²) >= 11 is 0. The van der Waals surface area contributed by atoms with Crippen LogP contribution in [-0.2, 0) is 0 Å². The Kier molecular flexibility index (Phi) is 11.8. The number of para-hydroxylation sites is 2. The summed E-state index contributed by atoms with van der Waals surface area (Å²) in [6.07, 6.45) is 0. The van der Waals surface area contributed by atoms with Crippen LogP contribution in [0.4, 0.5) is 0 Å². The second-order valence-electron chi connectivity index (χ2n) is 20.9. The fourth-order valence-corrected chi connectivity index (χ4v) is 11.6. The maximum absolute atomic E-state index is 5.24. The minimum absolute atomic E-state index is 0.577.